The van der Waals surface area contributed by atoms with Crippen LogP contribution in [0, 0.1) is 0 Å². The Balaban J connectivity index is 1.42. The number of benzene rings is 2. The fraction of sp³-hybridized carbons (Fsp3) is 0.174. The van der Waals surface area contributed by atoms with Gasteiger partial charge in [0.2, 0.25) is 0 Å². The molecule has 0 saturated carbocycles. The SMILES string of the molecule is O=C(/C=C/c1cnc2ccccc2n1)c1ccc(C(=O)N2CCC(=NO)CC2)cc1. The molecule has 7 heteroatoms. The van der Waals surface area contributed by atoms with Crippen LogP contribution in [-0.2, 0) is 0 Å². The Kier molecular flexibility index (Phi) is 5.61. The number of para-hydroxylation sites is 2. The van der Waals surface area contributed by atoms with Crippen molar-refractivity contribution in [2.75, 3.05) is 13.1 Å². The minimum atomic E-state index is -0.175. The van der Waals surface area contributed by atoms with E-state index in [9.17, 15) is 9.59 Å². The summed E-state index contributed by atoms with van der Waals surface area (Å²) < 4.78 is 0. The lowest BCUT2D eigenvalue weighted by molar-refractivity contribution is 0.0753. The Hall–Kier alpha value is -3.87. The van der Waals surface area contributed by atoms with E-state index in [0.717, 1.165) is 11.0 Å². The van der Waals surface area contributed by atoms with Gasteiger partial charge in [0.1, 0.15) is 0 Å². The lowest BCUT2D eigenvalue weighted by Gasteiger charge is -2.27. The van der Waals surface area contributed by atoms with Crippen LogP contribution in [0.25, 0.3) is 17.1 Å². The molecule has 30 heavy (non-hydrogen) atoms. The van der Waals surface area contributed by atoms with Crippen molar-refractivity contribution in [3.05, 3.63) is 77.6 Å². The summed E-state index contributed by atoms with van der Waals surface area (Å²) in [4.78, 5) is 35.6. The largest absolute Gasteiger partial charge is 0.411 e. The van der Waals surface area contributed by atoms with Crippen LogP contribution in [0.15, 0.2) is 66.0 Å². The number of hydrogen-bond donors (Lipinski definition) is 1. The van der Waals surface area contributed by atoms with Crippen molar-refractivity contribution in [1.82, 2.24) is 14.9 Å². The first kappa shape index (κ1) is 19.4. The van der Waals surface area contributed by atoms with Crippen LogP contribution in [0.1, 0.15) is 39.3 Å². The molecule has 2 aromatic carbocycles. The van der Waals surface area contributed by atoms with Gasteiger partial charge >= 0.3 is 0 Å². The number of rotatable bonds is 4. The third-order valence-electron chi connectivity index (χ3n) is 5.06. The zero-order chi connectivity index (χ0) is 20.9. The second-order valence-electron chi connectivity index (χ2n) is 7.02. The maximum absolute atomic E-state index is 12.6. The number of aromatic nitrogens is 2. The van der Waals surface area contributed by atoms with Gasteiger partial charge in [0, 0.05) is 37.1 Å². The number of amides is 1. The van der Waals surface area contributed by atoms with Crippen molar-refractivity contribution < 1.29 is 14.8 Å². The van der Waals surface area contributed by atoms with E-state index >= 15 is 0 Å². The first-order valence-corrected chi connectivity index (χ1v) is 9.67. The second-order valence-corrected chi connectivity index (χ2v) is 7.02. The zero-order valence-electron chi connectivity index (χ0n) is 16.2. The van der Waals surface area contributed by atoms with Gasteiger partial charge < -0.3 is 10.1 Å². The highest BCUT2D eigenvalue weighted by atomic mass is 16.4. The summed E-state index contributed by atoms with van der Waals surface area (Å²) in [6, 6.07) is 14.2. The summed E-state index contributed by atoms with van der Waals surface area (Å²) in [6.45, 7) is 1.04. The molecule has 1 saturated heterocycles. The van der Waals surface area contributed by atoms with Gasteiger partial charge in [0.25, 0.3) is 5.91 Å². The van der Waals surface area contributed by atoms with Gasteiger partial charge in [-0.05, 0) is 36.4 Å². The Morgan fingerprint density at radius 3 is 2.33 bits per heavy atom. The molecule has 4 rings (SSSR count). The minimum Gasteiger partial charge on any atom is -0.411 e. The molecule has 0 radical (unpaired) electrons. The van der Waals surface area contributed by atoms with Crippen molar-refractivity contribution in [3.8, 4) is 0 Å². The van der Waals surface area contributed by atoms with Crippen molar-refractivity contribution in [1.29, 1.82) is 0 Å². The Morgan fingerprint density at radius 1 is 0.967 bits per heavy atom. The summed E-state index contributed by atoms with van der Waals surface area (Å²) in [5.41, 5.74) is 3.90. The molecule has 0 spiro atoms. The molecule has 0 unspecified atom stereocenters. The topological polar surface area (TPSA) is 95.8 Å². The highest BCUT2D eigenvalue weighted by molar-refractivity contribution is 6.07. The predicted molar refractivity (Wildman–Crippen MR) is 114 cm³/mol. The average Bonchev–Trinajstić information content (AvgIpc) is 2.82. The van der Waals surface area contributed by atoms with Gasteiger partial charge in [-0.25, -0.2) is 4.98 Å². The molecule has 1 amide bonds. The van der Waals surface area contributed by atoms with Gasteiger partial charge in [-0.1, -0.05) is 29.4 Å². The number of piperidine rings is 1. The zero-order valence-corrected chi connectivity index (χ0v) is 16.2. The molecule has 3 aromatic rings. The van der Waals surface area contributed by atoms with Crippen molar-refractivity contribution in [2.45, 2.75) is 12.8 Å². The molecular weight excluding hydrogens is 380 g/mol. The van der Waals surface area contributed by atoms with E-state index in [0.29, 0.717) is 48.5 Å². The van der Waals surface area contributed by atoms with E-state index in [2.05, 4.69) is 15.1 Å². The summed E-state index contributed by atoms with van der Waals surface area (Å²) in [5, 5.41) is 12.0. The molecule has 1 aliphatic heterocycles. The van der Waals surface area contributed by atoms with Gasteiger partial charge in [0.15, 0.2) is 5.78 Å². The molecule has 1 fully saturated rings. The quantitative estimate of drug-likeness (QED) is 0.312. The molecular formula is C23H20N4O3. The average molecular weight is 400 g/mol. The summed E-state index contributed by atoms with van der Waals surface area (Å²) in [6.07, 6.45) is 5.85. The normalized spacial score (nSPS) is 14.3. The highest BCUT2D eigenvalue weighted by Gasteiger charge is 2.21. The molecule has 150 valence electrons. The fourth-order valence-corrected chi connectivity index (χ4v) is 3.34. The number of nitrogens with zero attached hydrogens (tertiary/aromatic N) is 4. The molecule has 7 nitrogen and oxygen atoms in total. The minimum absolute atomic E-state index is 0.0898. The van der Waals surface area contributed by atoms with Crippen LogP contribution in [0.5, 0.6) is 0 Å². The van der Waals surface area contributed by atoms with Crippen molar-refractivity contribution in [2.24, 2.45) is 5.16 Å². The smallest absolute Gasteiger partial charge is 0.253 e. The fourth-order valence-electron chi connectivity index (χ4n) is 3.34. The first-order chi connectivity index (χ1) is 14.6. The van der Waals surface area contributed by atoms with Gasteiger partial charge in [0.05, 0.1) is 28.6 Å². The maximum Gasteiger partial charge on any atom is 0.253 e. The third kappa shape index (κ3) is 4.25. The number of allylic oxidation sites excluding steroid dienone is 1. The number of ketones is 1. The lowest BCUT2D eigenvalue weighted by Crippen LogP contribution is -2.38. The van der Waals surface area contributed by atoms with Crippen molar-refractivity contribution >= 4 is 34.5 Å². The maximum atomic E-state index is 12.6. The van der Waals surface area contributed by atoms with Crippen LogP contribution in [0.2, 0.25) is 0 Å². The highest BCUT2D eigenvalue weighted by Crippen LogP contribution is 2.14. The summed E-state index contributed by atoms with van der Waals surface area (Å²) in [5.74, 6) is -0.265. The van der Waals surface area contributed by atoms with E-state index in [-0.39, 0.29) is 11.7 Å². The standard InChI is InChI=1S/C23H20N4O3/c28-22(10-9-19-15-24-20-3-1-2-4-21(20)25-19)16-5-7-17(8-6-16)23(29)27-13-11-18(26-30)12-14-27/h1-10,15,30H,11-14H2/b10-9+. The molecule has 2 heterocycles. The van der Waals surface area contributed by atoms with Gasteiger partial charge in [-0.3, -0.25) is 14.6 Å². The summed E-state index contributed by atoms with van der Waals surface area (Å²) >= 11 is 0. The third-order valence-corrected chi connectivity index (χ3v) is 5.06. The number of hydrogen-bond acceptors (Lipinski definition) is 6. The first-order valence-electron chi connectivity index (χ1n) is 9.67. The Morgan fingerprint density at radius 2 is 1.63 bits per heavy atom. The van der Waals surface area contributed by atoms with Crippen molar-refractivity contribution in [3.63, 3.8) is 0 Å². The second kappa shape index (κ2) is 8.65. The number of fused-ring (bicyclic) bond motifs is 1. The van der Waals surface area contributed by atoms with E-state index < -0.39 is 0 Å². The molecule has 1 N–H and O–H groups in total. The predicted octanol–water partition coefficient (Wildman–Crippen LogP) is 3.59. The van der Waals surface area contributed by atoms with E-state index in [4.69, 9.17) is 5.21 Å². The van der Waals surface area contributed by atoms with Crippen LogP contribution in [0.4, 0.5) is 0 Å². The molecule has 1 aromatic heterocycles. The van der Waals surface area contributed by atoms with Crippen LogP contribution < -0.4 is 0 Å². The number of carbonyl (C=O) groups excluding carboxylic acids is 2. The number of carbonyl (C=O) groups is 2. The number of oxime groups is 1. The van der Waals surface area contributed by atoms with E-state index in [1.165, 1.54) is 6.08 Å². The van der Waals surface area contributed by atoms with Crippen LogP contribution in [-0.4, -0.2) is 50.6 Å². The Bertz CT molecular complexity index is 1140. The van der Waals surface area contributed by atoms with Gasteiger partial charge in [-0.15, -0.1) is 0 Å². The molecule has 1 aliphatic rings. The Labute approximate surface area is 173 Å². The molecule has 0 aliphatic carbocycles. The van der Waals surface area contributed by atoms with Gasteiger partial charge in [-0.2, -0.15) is 0 Å². The molecule has 0 bridgehead atoms. The summed E-state index contributed by atoms with van der Waals surface area (Å²) in [7, 11) is 0. The monoisotopic (exact) mass is 400 g/mol. The molecule has 0 atom stereocenters. The lowest BCUT2D eigenvalue weighted by atomic mass is 10.0. The van der Waals surface area contributed by atoms with E-state index in [1.54, 1.807) is 41.4 Å². The van der Waals surface area contributed by atoms with Crippen LogP contribution >= 0.6 is 0 Å². The van der Waals surface area contributed by atoms with E-state index in [1.807, 2.05) is 24.3 Å². The number of likely N-dealkylation sites (tertiary alicyclic amines) is 1. The van der Waals surface area contributed by atoms with Crippen LogP contribution in [0.3, 0.4) is 0 Å².